The highest BCUT2D eigenvalue weighted by atomic mass is 16.6. The zero-order valence-corrected chi connectivity index (χ0v) is 18.0. The van der Waals surface area contributed by atoms with E-state index in [1.54, 1.807) is 20.8 Å². The highest BCUT2D eigenvalue weighted by Gasteiger charge is 2.32. The van der Waals surface area contributed by atoms with Crippen molar-refractivity contribution >= 4 is 23.9 Å². The van der Waals surface area contributed by atoms with Crippen molar-refractivity contribution < 1.29 is 38.9 Å². The van der Waals surface area contributed by atoms with E-state index in [0.29, 0.717) is 0 Å². The van der Waals surface area contributed by atoms with Crippen LogP contribution < -0.4 is 10.6 Å². The third kappa shape index (κ3) is 8.91. The van der Waals surface area contributed by atoms with Gasteiger partial charge in [0, 0.05) is 6.54 Å². The lowest BCUT2D eigenvalue weighted by Crippen LogP contribution is -2.49. The van der Waals surface area contributed by atoms with Gasteiger partial charge < -0.3 is 35.2 Å². The number of nitrogens with zero attached hydrogens (tertiary/aromatic N) is 1. The molecule has 0 spiro atoms. The molecule has 0 aliphatic heterocycles. The molecule has 0 aromatic heterocycles. The van der Waals surface area contributed by atoms with Gasteiger partial charge >= 0.3 is 12.1 Å². The number of rotatable bonds is 9. The maximum Gasteiger partial charge on any atom is 0.408 e. The molecule has 1 aromatic carbocycles. The number of phenols is 1. The zero-order valence-electron chi connectivity index (χ0n) is 18.0. The molecule has 11 heteroatoms. The number of aromatic hydroxyl groups is 1. The Morgan fingerprint density at radius 2 is 1.81 bits per heavy atom. The third-order valence-corrected chi connectivity index (χ3v) is 3.82. The molecule has 172 valence electrons. The van der Waals surface area contributed by atoms with E-state index >= 15 is 0 Å². The van der Waals surface area contributed by atoms with Crippen molar-refractivity contribution in [2.24, 2.45) is 0 Å². The predicted octanol–water partition coefficient (Wildman–Crippen LogP) is 0.0681. The Kier molecular flexibility index (Phi) is 9.74. The van der Waals surface area contributed by atoms with Crippen LogP contribution in [-0.2, 0) is 23.9 Å². The van der Waals surface area contributed by atoms with E-state index in [4.69, 9.17) is 4.74 Å². The Labute approximate surface area is 180 Å². The maximum atomic E-state index is 12.8. The van der Waals surface area contributed by atoms with Crippen LogP contribution in [0.2, 0.25) is 0 Å². The first-order valence-corrected chi connectivity index (χ1v) is 9.49. The molecular weight excluding hydrogens is 410 g/mol. The number of amides is 3. The van der Waals surface area contributed by atoms with Crippen molar-refractivity contribution in [2.75, 3.05) is 33.4 Å². The van der Waals surface area contributed by atoms with Gasteiger partial charge in [-0.1, -0.05) is 12.1 Å². The van der Waals surface area contributed by atoms with Gasteiger partial charge in [0.25, 0.3) is 0 Å². The van der Waals surface area contributed by atoms with E-state index in [-0.39, 0.29) is 17.9 Å². The maximum absolute atomic E-state index is 12.8. The van der Waals surface area contributed by atoms with Crippen molar-refractivity contribution in [3.05, 3.63) is 29.8 Å². The number of phenolic OH excluding ortho intramolecular Hbond substituents is 1. The van der Waals surface area contributed by atoms with Crippen LogP contribution in [0.4, 0.5) is 4.79 Å². The van der Waals surface area contributed by atoms with E-state index in [1.165, 1.54) is 24.3 Å². The molecular formula is C20H29N3O8. The quantitative estimate of drug-likeness (QED) is 0.394. The van der Waals surface area contributed by atoms with Crippen molar-refractivity contribution in [2.45, 2.75) is 32.4 Å². The molecule has 1 aromatic rings. The van der Waals surface area contributed by atoms with Gasteiger partial charge in [-0.15, -0.1) is 0 Å². The number of hydrogen-bond donors (Lipinski definition) is 4. The lowest BCUT2D eigenvalue weighted by atomic mass is 10.0. The van der Waals surface area contributed by atoms with Gasteiger partial charge in [-0.3, -0.25) is 14.4 Å². The molecule has 1 rings (SSSR count). The summed E-state index contributed by atoms with van der Waals surface area (Å²) in [7, 11) is 1.16. The standard InChI is InChI=1S/C20H29N3O8/c1-20(2,3)31-19(29)22-11-15(26)23(8-9-24)17(13-6-5-7-14(25)10-13)18(28)21-12-16(27)30-4/h5-7,10,17,24-25H,8-9,11-12H2,1-4H3,(H,21,28)(H,22,29). The average molecular weight is 439 g/mol. The topological polar surface area (TPSA) is 154 Å². The number of esters is 1. The molecule has 0 radical (unpaired) electrons. The Morgan fingerprint density at radius 3 is 2.35 bits per heavy atom. The van der Waals surface area contributed by atoms with Gasteiger partial charge in [0.05, 0.1) is 13.7 Å². The van der Waals surface area contributed by atoms with Crippen molar-refractivity contribution in [1.82, 2.24) is 15.5 Å². The van der Waals surface area contributed by atoms with Gasteiger partial charge in [0.1, 0.15) is 30.5 Å². The van der Waals surface area contributed by atoms with E-state index in [2.05, 4.69) is 15.4 Å². The summed E-state index contributed by atoms with van der Waals surface area (Å²) in [6.07, 6.45) is -0.825. The second kappa shape index (κ2) is 11.7. The van der Waals surface area contributed by atoms with Gasteiger partial charge in [-0.25, -0.2) is 4.79 Å². The van der Waals surface area contributed by atoms with Gasteiger partial charge in [0.2, 0.25) is 11.8 Å². The summed E-state index contributed by atoms with van der Waals surface area (Å²) in [4.78, 5) is 49.9. The Hall–Kier alpha value is -3.34. The SMILES string of the molecule is COC(=O)CNC(=O)C(c1cccc(O)c1)N(CCO)C(=O)CNC(=O)OC(C)(C)C. The van der Waals surface area contributed by atoms with Crippen LogP contribution in [-0.4, -0.2) is 77.9 Å². The number of ether oxygens (including phenoxy) is 2. The van der Waals surface area contributed by atoms with Crippen LogP contribution in [0.1, 0.15) is 32.4 Å². The lowest BCUT2D eigenvalue weighted by Gasteiger charge is -2.31. The van der Waals surface area contributed by atoms with E-state index < -0.39 is 55.2 Å². The average Bonchev–Trinajstić information content (AvgIpc) is 2.68. The fourth-order valence-corrected chi connectivity index (χ4v) is 2.56. The van der Waals surface area contributed by atoms with Crippen LogP contribution >= 0.6 is 0 Å². The fraction of sp³-hybridized carbons (Fsp3) is 0.500. The summed E-state index contributed by atoms with van der Waals surface area (Å²) in [5.41, 5.74) is -0.531. The summed E-state index contributed by atoms with van der Waals surface area (Å²) >= 11 is 0. The number of aliphatic hydroxyl groups is 1. The molecule has 1 unspecified atom stereocenters. The van der Waals surface area contributed by atoms with Crippen molar-refractivity contribution in [3.63, 3.8) is 0 Å². The minimum absolute atomic E-state index is 0.147. The molecule has 3 amide bonds. The Balaban J connectivity index is 3.11. The Morgan fingerprint density at radius 1 is 1.13 bits per heavy atom. The number of methoxy groups -OCH3 is 1. The van der Waals surface area contributed by atoms with Crippen LogP contribution in [0.3, 0.4) is 0 Å². The first-order valence-electron chi connectivity index (χ1n) is 9.49. The summed E-state index contributed by atoms with van der Waals surface area (Å²) in [6.45, 7) is 3.32. The van der Waals surface area contributed by atoms with Crippen LogP contribution in [0.25, 0.3) is 0 Å². The van der Waals surface area contributed by atoms with Crippen molar-refractivity contribution in [1.29, 1.82) is 0 Å². The molecule has 0 heterocycles. The van der Waals surface area contributed by atoms with E-state index in [0.717, 1.165) is 12.0 Å². The van der Waals surface area contributed by atoms with Crippen LogP contribution in [0, 0.1) is 0 Å². The molecule has 4 N–H and O–H groups in total. The van der Waals surface area contributed by atoms with E-state index in [9.17, 15) is 29.4 Å². The molecule has 0 aliphatic rings. The van der Waals surface area contributed by atoms with E-state index in [1.807, 2.05) is 0 Å². The molecule has 11 nitrogen and oxygen atoms in total. The molecule has 0 saturated heterocycles. The minimum Gasteiger partial charge on any atom is -0.508 e. The predicted molar refractivity (Wildman–Crippen MR) is 109 cm³/mol. The molecule has 0 fully saturated rings. The number of benzene rings is 1. The van der Waals surface area contributed by atoms with Gasteiger partial charge in [0.15, 0.2) is 0 Å². The summed E-state index contributed by atoms with van der Waals surface area (Å²) in [6, 6.07) is 4.35. The smallest absolute Gasteiger partial charge is 0.408 e. The highest BCUT2D eigenvalue weighted by Crippen LogP contribution is 2.24. The number of aliphatic hydroxyl groups excluding tert-OH is 1. The molecule has 1 atom stereocenters. The molecule has 0 aliphatic carbocycles. The number of nitrogens with one attached hydrogen (secondary N) is 2. The summed E-state index contributed by atoms with van der Waals surface area (Å²) in [5.74, 6) is -2.28. The number of carbonyl (C=O) groups excluding carboxylic acids is 4. The first-order chi connectivity index (χ1) is 14.5. The molecule has 31 heavy (non-hydrogen) atoms. The summed E-state index contributed by atoms with van der Waals surface area (Å²) in [5, 5.41) is 23.9. The molecule has 0 saturated carbocycles. The second-order valence-electron chi connectivity index (χ2n) is 7.46. The number of alkyl carbamates (subject to hydrolysis) is 1. The highest BCUT2D eigenvalue weighted by molar-refractivity contribution is 5.91. The third-order valence-electron chi connectivity index (χ3n) is 3.82. The van der Waals surface area contributed by atoms with Crippen LogP contribution in [0.15, 0.2) is 24.3 Å². The first kappa shape index (κ1) is 25.7. The van der Waals surface area contributed by atoms with Crippen LogP contribution in [0.5, 0.6) is 5.75 Å². The zero-order chi connectivity index (χ0) is 23.6. The lowest BCUT2D eigenvalue weighted by molar-refractivity contribution is -0.144. The monoisotopic (exact) mass is 439 g/mol. The van der Waals surface area contributed by atoms with Crippen molar-refractivity contribution in [3.8, 4) is 5.75 Å². The largest absolute Gasteiger partial charge is 0.508 e. The van der Waals surface area contributed by atoms with Gasteiger partial charge in [-0.2, -0.15) is 0 Å². The number of carbonyl (C=O) groups is 4. The summed E-state index contributed by atoms with van der Waals surface area (Å²) < 4.78 is 9.57. The van der Waals surface area contributed by atoms with Gasteiger partial charge in [-0.05, 0) is 38.5 Å². The molecule has 0 bridgehead atoms. The second-order valence-corrected chi connectivity index (χ2v) is 7.46. The Bertz CT molecular complexity index is 791. The fourth-order valence-electron chi connectivity index (χ4n) is 2.56. The number of hydrogen-bond acceptors (Lipinski definition) is 8. The normalized spacial score (nSPS) is 11.8. The minimum atomic E-state index is -1.29.